The van der Waals surface area contributed by atoms with Gasteiger partial charge in [0.15, 0.2) is 0 Å². The molecule has 0 aliphatic carbocycles. The van der Waals surface area contributed by atoms with Gasteiger partial charge < -0.3 is 16.0 Å². The monoisotopic (exact) mass is 415 g/mol. The topological polar surface area (TPSA) is 70.2 Å². The first-order chi connectivity index (χ1) is 14.9. The minimum atomic E-state index is -0.559. The molecule has 4 rings (SSSR count). The first kappa shape index (κ1) is 21.1. The van der Waals surface area contributed by atoms with Gasteiger partial charge in [-0.15, -0.1) is 0 Å². The first-order valence-electron chi connectivity index (χ1n) is 10.8. The number of carbonyl (C=O) groups excluding carboxylic acids is 2. The summed E-state index contributed by atoms with van der Waals surface area (Å²) in [5.74, 6) is -0.219. The molecule has 160 valence electrons. The molecule has 0 saturated carbocycles. The molecule has 3 N–H and O–H groups in total. The Labute approximate surface area is 183 Å². The van der Waals surface area contributed by atoms with E-state index in [1.54, 1.807) is 6.07 Å². The van der Waals surface area contributed by atoms with Crippen LogP contribution in [0.2, 0.25) is 0 Å². The van der Waals surface area contributed by atoms with Gasteiger partial charge in [0.05, 0.1) is 11.6 Å². The van der Waals surface area contributed by atoms with Crippen molar-refractivity contribution >= 4 is 28.3 Å². The second-order valence-corrected chi connectivity index (χ2v) is 8.61. The molecule has 3 aromatic carbocycles. The van der Waals surface area contributed by atoms with Gasteiger partial charge in [0.25, 0.3) is 5.91 Å². The Morgan fingerprint density at radius 3 is 2.61 bits per heavy atom. The van der Waals surface area contributed by atoms with E-state index in [1.165, 1.54) is 0 Å². The molecule has 0 radical (unpaired) electrons. The lowest BCUT2D eigenvalue weighted by molar-refractivity contribution is -0.121. The number of carbonyl (C=O) groups is 2. The van der Waals surface area contributed by atoms with Crippen LogP contribution in [0.1, 0.15) is 54.2 Å². The number of amides is 2. The average Bonchev–Trinajstić information content (AvgIpc) is 3.22. The van der Waals surface area contributed by atoms with Crippen molar-refractivity contribution in [3.8, 4) is 0 Å². The maximum atomic E-state index is 13.1. The Bertz CT molecular complexity index is 1130. The summed E-state index contributed by atoms with van der Waals surface area (Å²) in [6.45, 7) is 6.66. The highest BCUT2D eigenvalue weighted by Crippen LogP contribution is 2.26. The van der Waals surface area contributed by atoms with Crippen molar-refractivity contribution in [1.29, 1.82) is 0 Å². The van der Waals surface area contributed by atoms with Crippen molar-refractivity contribution in [2.75, 3.05) is 11.9 Å². The molecular weight excluding hydrogens is 386 g/mol. The van der Waals surface area contributed by atoms with Crippen molar-refractivity contribution in [3.05, 3.63) is 77.4 Å². The van der Waals surface area contributed by atoms with E-state index in [-0.39, 0.29) is 17.9 Å². The van der Waals surface area contributed by atoms with Crippen LogP contribution < -0.4 is 16.0 Å². The maximum absolute atomic E-state index is 13.1. The molecule has 1 fully saturated rings. The third-order valence-electron chi connectivity index (χ3n) is 6.25. The lowest BCUT2D eigenvalue weighted by Gasteiger charge is -2.23. The zero-order valence-electron chi connectivity index (χ0n) is 18.3. The molecule has 0 unspecified atom stereocenters. The fraction of sp³-hybridized carbons (Fsp3) is 0.308. The molecule has 1 saturated heterocycles. The molecule has 1 heterocycles. The fourth-order valence-electron chi connectivity index (χ4n) is 4.28. The van der Waals surface area contributed by atoms with Gasteiger partial charge >= 0.3 is 0 Å². The minimum absolute atomic E-state index is 0.0654. The quantitative estimate of drug-likeness (QED) is 0.565. The second-order valence-electron chi connectivity index (χ2n) is 8.61. The first-order valence-corrected chi connectivity index (χ1v) is 10.8. The number of fused-ring (bicyclic) bond motifs is 1. The number of anilines is 1. The zero-order valence-corrected chi connectivity index (χ0v) is 18.3. The summed E-state index contributed by atoms with van der Waals surface area (Å²) in [7, 11) is 0. The Hall–Kier alpha value is -3.18. The van der Waals surface area contributed by atoms with Gasteiger partial charge in [0.2, 0.25) is 5.91 Å². The van der Waals surface area contributed by atoms with Gasteiger partial charge in [-0.2, -0.15) is 0 Å². The Balaban J connectivity index is 1.53. The average molecular weight is 416 g/mol. The van der Waals surface area contributed by atoms with Crippen molar-refractivity contribution in [3.63, 3.8) is 0 Å². The van der Waals surface area contributed by atoms with E-state index in [0.717, 1.165) is 41.3 Å². The number of hydrogen-bond donors (Lipinski definition) is 3. The predicted molar refractivity (Wildman–Crippen MR) is 125 cm³/mol. The van der Waals surface area contributed by atoms with Crippen LogP contribution in [0, 0.1) is 6.92 Å². The highest BCUT2D eigenvalue weighted by Gasteiger charge is 2.35. The van der Waals surface area contributed by atoms with Crippen LogP contribution in [0.4, 0.5) is 5.69 Å². The van der Waals surface area contributed by atoms with E-state index in [2.05, 4.69) is 34.1 Å². The molecule has 2 atom stereocenters. The van der Waals surface area contributed by atoms with Crippen molar-refractivity contribution < 1.29 is 9.59 Å². The summed E-state index contributed by atoms with van der Waals surface area (Å²) in [5, 5.41) is 11.6. The number of hydrogen-bond acceptors (Lipinski definition) is 3. The van der Waals surface area contributed by atoms with Crippen LogP contribution in [-0.2, 0) is 4.79 Å². The lowest BCUT2D eigenvalue weighted by atomic mass is 9.98. The van der Waals surface area contributed by atoms with E-state index < -0.39 is 5.54 Å². The number of nitrogens with one attached hydrogen (secondary N) is 3. The van der Waals surface area contributed by atoms with Gasteiger partial charge in [0.1, 0.15) is 0 Å². The van der Waals surface area contributed by atoms with Crippen molar-refractivity contribution in [1.82, 2.24) is 10.6 Å². The van der Waals surface area contributed by atoms with Gasteiger partial charge in [0, 0.05) is 11.3 Å². The van der Waals surface area contributed by atoms with Crippen LogP contribution in [0.15, 0.2) is 60.7 Å². The van der Waals surface area contributed by atoms with Crippen molar-refractivity contribution in [2.24, 2.45) is 0 Å². The smallest absolute Gasteiger partial charge is 0.252 e. The zero-order chi connectivity index (χ0) is 22.0. The molecule has 5 nitrogen and oxygen atoms in total. The highest BCUT2D eigenvalue weighted by atomic mass is 16.2. The van der Waals surface area contributed by atoms with E-state index in [1.807, 2.05) is 57.2 Å². The summed E-state index contributed by atoms with van der Waals surface area (Å²) >= 11 is 0. The summed E-state index contributed by atoms with van der Waals surface area (Å²) < 4.78 is 0. The SMILES string of the molecule is Cc1ccc(NC(=O)[C@]2(C)CCCN2)cc1C(=O)N[C@H](C)c1cccc2ccccc12. The Morgan fingerprint density at radius 1 is 1.06 bits per heavy atom. The number of aryl methyl sites for hydroxylation is 1. The lowest BCUT2D eigenvalue weighted by Crippen LogP contribution is -2.48. The minimum Gasteiger partial charge on any atom is -0.345 e. The van der Waals surface area contributed by atoms with Gasteiger partial charge in [-0.05, 0) is 74.2 Å². The summed E-state index contributed by atoms with van der Waals surface area (Å²) in [6, 6.07) is 19.6. The summed E-state index contributed by atoms with van der Waals surface area (Å²) in [4.78, 5) is 25.8. The number of benzene rings is 3. The molecule has 31 heavy (non-hydrogen) atoms. The summed E-state index contributed by atoms with van der Waals surface area (Å²) in [6.07, 6.45) is 1.79. The molecule has 1 aliphatic heterocycles. The Morgan fingerprint density at radius 2 is 1.84 bits per heavy atom. The largest absolute Gasteiger partial charge is 0.345 e. The van der Waals surface area contributed by atoms with Crippen LogP contribution in [0.3, 0.4) is 0 Å². The third kappa shape index (κ3) is 4.32. The van der Waals surface area contributed by atoms with Gasteiger partial charge in [-0.3, -0.25) is 9.59 Å². The van der Waals surface area contributed by atoms with Crippen LogP contribution >= 0.6 is 0 Å². The number of rotatable bonds is 5. The molecular formula is C26H29N3O2. The fourth-order valence-corrected chi connectivity index (χ4v) is 4.28. The standard InChI is InChI=1S/C26H29N3O2/c1-17-12-13-20(29-25(31)26(3)14-7-15-27-26)16-23(17)24(30)28-18(2)21-11-6-9-19-8-4-5-10-22(19)21/h4-6,8-13,16,18,27H,7,14-15H2,1-3H3,(H,28,30)(H,29,31)/t18-,26+/m1/s1. The van der Waals surface area contributed by atoms with E-state index in [9.17, 15) is 9.59 Å². The van der Waals surface area contributed by atoms with E-state index in [4.69, 9.17) is 0 Å². The Kier molecular flexibility index (Phi) is 5.79. The second kappa shape index (κ2) is 8.52. The molecule has 1 aliphatic rings. The maximum Gasteiger partial charge on any atom is 0.252 e. The molecule has 0 spiro atoms. The highest BCUT2D eigenvalue weighted by molar-refractivity contribution is 6.01. The molecule has 3 aromatic rings. The molecule has 2 amide bonds. The predicted octanol–water partition coefficient (Wildman–Crippen LogP) is 4.72. The van der Waals surface area contributed by atoms with Crippen LogP contribution in [0.5, 0.6) is 0 Å². The molecule has 0 bridgehead atoms. The van der Waals surface area contributed by atoms with Crippen molar-refractivity contribution in [2.45, 2.75) is 45.2 Å². The third-order valence-corrected chi connectivity index (χ3v) is 6.25. The van der Waals surface area contributed by atoms with Crippen LogP contribution in [0.25, 0.3) is 10.8 Å². The van der Waals surface area contributed by atoms with E-state index in [0.29, 0.717) is 11.3 Å². The summed E-state index contributed by atoms with van der Waals surface area (Å²) in [5.41, 5.74) is 2.58. The molecule has 5 heteroatoms. The normalized spacial score (nSPS) is 19.2. The molecule has 0 aromatic heterocycles. The van der Waals surface area contributed by atoms with Crippen LogP contribution in [-0.4, -0.2) is 23.9 Å². The van der Waals surface area contributed by atoms with Gasteiger partial charge in [-0.1, -0.05) is 48.5 Å². The van der Waals surface area contributed by atoms with Gasteiger partial charge in [-0.25, -0.2) is 0 Å². The van der Waals surface area contributed by atoms with E-state index >= 15 is 0 Å².